The van der Waals surface area contributed by atoms with Gasteiger partial charge < -0.3 is 24.8 Å². The zero-order valence-electron chi connectivity index (χ0n) is 30.9. The third-order valence-electron chi connectivity index (χ3n) is 9.24. The monoisotopic (exact) mass is 700 g/mol. The Bertz CT molecular complexity index is 2260. The van der Waals surface area contributed by atoms with E-state index in [2.05, 4.69) is 82.0 Å². The number of unbranched alkanes of at least 4 members (excludes halogenated alkanes) is 1. The molecule has 1 atom stereocenters. The quantitative estimate of drug-likeness (QED) is 0.136. The van der Waals surface area contributed by atoms with Crippen molar-refractivity contribution in [3.63, 3.8) is 0 Å². The molecule has 0 saturated carbocycles. The number of hydrogen-bond acceptors (Lipinski definition) is 6. The number of aromatic nitrogens is 4. The maximum atomic E-state index is 12.9. The molecule has 1 aliphatic heterocycles. The van der Waals surface area contributed by atoms with Crippen LogP contribution in [0.25, 0.3) is 55.1 Å². The van der Waals surface area contributed by atoms with Crippen LogP contribution in [0.2, 0.25) is 0 Å². The Hall–Kier alpha value is -5.38. The minimum atomic E-state index is -0.544. The first-order chi connectivity index (χ1) is 24.8. The summed E-state index contributed by atoms with van der Waals surface area (Å²) in [6.45, 7) is 12.5. The summed E-state index contributed by atoms with van der Waals surface area (Å²) in [5.74, 6) is 1.74. The molecule has 10 heteroatoms. The molecule has 3 N–H and O–H groups in total. The number of H-pyrrole nitrogens is 2. The highest BCUT2D eigenvalue weighted by Gasteiger charge is 2.35. The molecule has 1 saturated heterocycles. The molecule has 0 spiro atoms. The molecule has 2 aromatic heterocycles. The Morgan fingerprint density at radius 2 is 1.35 bits per heavy atom. The molecule has 0 bridgehead atoms. The van der Waals surface area contributed by atoms with Crippen molar-refractivity contribution in [3.8, 4) is 22.3 Å². The predicted octanol–water partition coefficient (Wildman–Crippen LogP) is 9.85. The van der Waals surface area contributed by atoms with E-state index < -0.39 is 11.2 Å². The standard InChI is InChI=1S/C42H48N6O4/c1-41(2,3)51-39(49)43-20-8-7-11-37-44-32-18-16-29(24-34(32)45-37)27-14-12-26-13-15-28(23-31(26)22-27)30-17-19-33-35(25-30)47-38(46-33)36-10-9-21-48(36)40(50)52-42(4,5)6/h12-19,22-25,36H,7-11,20-21H2,1-6H3,(H,43,49)(H,44,45)(H,46,47)/t36-/m0/s1. The molecule has 1 aliphatic rings. The number of ether oxygens (including phenoxy) is 2. The smallest absolute Gasteiger partial charge is 0.410 e. The van der Waals surface area contributed by atoms with E-state index in [0.717, 1.165) is 93.5 Å². The predicted molar refractivity (Wildman–Crippen MR) is 206 cm³/mol. The molecular weight excluding hydrogens is 652 g/mol. The van der Waals surface area contributed by atoms with Crippen molar-refractivity contribution < 1.29 is 19.1 Å². The number of amides is 2. The first kappa shape index (κ1) is 35.0. The zero-order valence-corrected chi connectivity index (χ0v) is 30.9. The fourth-order valence-corrected chi connectivity index (χ4v) is 6.85. The number of nitrogens with one attached hydrogen (secondary N) is 3. The molecule has 0 unspecified atom stereocenters. The van der Waals surface area contributed by atoms with Gasteiger partial charge in [-0.2, -0.15) is 0 Å². The van der Waals surface area contributed by atoms with Crippen LogP contribution in [0.15, 0.2) is 72.8 Å². The number of aromatic amines is 2. The summed E-state index contributed by atoms with van der Waals surface area (Å²) >= 11 is 0. The zero-order chi connectivity index (χ0) is 36.6. The number of aryl methyl sites for hydroxylation is 1. The van der Waals surface area contributed by atoms with Crippen molar-refractivity contribution in [3.05, 3.63) is 84.4 Å². The van der Waals surface area contributed by atoms with Gasteiger partial charge in [0.25, 0.3) is 0 Å². The Kier molecular flexibility index (Phi) is 9.42. The summed E-state index contributed by atoms with van der Waals surface area (Å²) in [6, 6.07) is 25.7. The van der Waals surface area contributed by atoms with Gasteiger partial charge in [-0.05, 0) is 137 Å². The van der Waals surface area contributed by atoms with Crippen LogP contribution in [0.1, 0.15) is 84.9 Å². The number of alkyl carbamates (subject to hydrolysis) is 1. The van der Waals surface area contributed by atoms with Crippen molar-refractivity contribution in [2.45, 2.75) is 90.9 Å². The van der Waals surface area contributed by atoms with Crippen molar-refractivity contribution in [2.24, 2.45) is 0 Å². The normalized spacial score (nSPS) is 15.1. The Morgan fingerprint density at radius 3 is 2.00 bits per heavy atom. The fourth-order valence-electron chi connectivity index (χ4n) is 6.85. The summed E-state index contributed by atoms with van der Waals surface area (Å²) in [7, 11) is 0. The van der Waals surface area contributed by atoms with E-state index in [1.807, 2.05) is 47.6 Å². The number of imidazole rings is 2. The second kappa shape index (κ2) is 14.0. The van der Waals surface area contributed by atoms with Crippen LogP contribution in [0.3, 0.4) is 0 Å². The van der Waals surface area contributed by atoms with E-state index in [9.17, 15) is 9.59 Å². The molecule has 52 heavy (non-hydrogen) atoms. The lowest BCUT2D eigenvalue weighted by atomic mass is 9.97. The van der Waals surface area contributed by atoms with Gasteiger partial charge in [0.15, 0.2) is 0 Å². The van der Waals surface area contributed by atoms with E-state index in [0.29, 0.717) is 13.1 Å². The van der Waals surface area contributed by atoms with E-state index in [1.165, 1.54) is 5.39 Å². The molecule has 0 aliphatic carbocycles. The Labute approximate surface area is 304 Å². The first-order valence-electron chi connectivity index (χ1n) is 18.3. The highest BCUT2D eigenvalue weighted by atomic mass is 16.6. The topological polar surface area (TPSA) is 125 Å². The fraction of sp³-hybridized carbons (Fsp3) is 0.381. The van der Waals surface area contributed by atoms with Gasteiger partial charge in [-0.3, -0.25) is 4.90 Å². The third-order valence-corrected chi connectivity index (χ3v) is 9.24. The number of carbonyl (C=O) groups is 2. The summed E-state index contributed by atoms with van der Waals surface area (Å²) in [6.07, 6.45) is 3.63. The largest absolute Gasteiger partial charge is 0.444 e. The minimum absolute atomic E-state index is 0.128. The molecule has 1 fully saturated rings. The lowest BCUT2D eigenvalue weighted by Gasteiger charge is -2.27. The van der Waals surface area contributed by atoms with Gasteiger partial charge in [-0.15, -0.1) is 0 Å². The van der Waals surface area contributed by atoms with Crippen LogP contribution < -0.4 is 5.32 Å². The van der Waals surface area contributed by atoms with Crippen LogP contribution >= 0.6 is 0 Å². The number of likely N-dealkylation sites (tertiary alicyclic amines) is 1. The molecule has 10 nitrogen and oxygen atoms in total. The van der Waals surface area contributed by atoms with Crippen molar-refractivity contribution >= 4 is 45.0 Å². The summed E-state index contributed by atoms with van der Waals surface area (Å²) < 4.78 is 11.0. The first-order valence-corrected chi connectivity index (χ1v) is 18.3. The van der Waals surface area contributed by atoms with Gasteiger partial charge in [-0.25, -0.2) is 19.6 Å². The summed E-state index contributed by atoms with van der Waals surface area (Å²) in [5.41, 5.74) is 7.20. The molecule has 0 radical (unpaired) electrons. The van der Waals surface area contributed by atoms with Gasteiger partial charge in [0.2, 0.25) is 0 Å². The number of carbonyl (C=O) groups excluding carboxylic acids is 2. The second-order valence-electron chi connectivity index (χ2n) is 15.8. The van der Waals surface area contributed by atoms with Crippen LogP contribution in [-0.4, -0.2) is 61.3 Å². The molecule has 4 aromatic carbocycles. The SMILES string of the molecule is CC(C)(C)OC(=O)NCCCCc1nc2ccc(-c3ccc4ccc(-c5ccc6nc([C@@H]7CCCN7C(=O)OC(C)(C)C)[nH]c6c5)cc4c3)cc2[nH]1. The van der Waals surface area contributed by atoms with Gasteiger partial charge in [-0.1, -0.05) is 36.4 Å². The number of benzene rings is 4. The lowest BCUT2D eigenvalue weighted by molar-refractivity contribution is 0.0218. The van der Waals surface area contributed by atoms with E-state index in [-0.39, 0.29) is 18.2 Å². The summed E-state index contributed by atoms with van der Waals surface area (Å²) in [4.78, 5) is 43.3. The maximum absolute atomic E-state index is 12.9. The molecule has 2 amide bonds. The minimum Gasteiger partial charge on any atom is -0.444 e. The number of nitrogens with zero attached hydrogens (tertiary/aromatic N) is 3. The summed E-state index contributed by atoms with van der Waals surface area (Å²) in [5, 5.41) is 5.15. The molecule has 270 valence electrons. The van der Waals surface area contributed by atoms with E-state index in [1.54, 1.807) is 4.90 Å². The highest BCUT2D eigenvalue weighted by Crippen LogP contribution is 2.35. The van der Waals surface area contributed by atoms with Crippen molar-refractivity contribution in [1.82, 2.24) is 30.2 Å². The highest BCUT2D eigenvalue weighted by molar-refractivity contribution is 5.93. The third kappa shape index (κ3) is 8.06. The van der Waals surface area contributed by atoms with E-state index >= 15 is 0 Å². The van der Waals surface area contributed by atoms with Gasteiger partial charge in [0.1, 0.15) is 22.9 Å². The van der Waals surface area contributed by atoms with Crippen LogP contribution in [0.4, 0.5) is 9.59 Å². The van der Waals surface area contributed by atoms with Crippen LogP contribution in [0, 0.1) is 0 Å². The number of hydrogen-bond donors (Lipinski definition) is 3. The molecule has 6 aromatic rings. The van der Waals surface area contributed by atoms with Gasteiger partial charge >= 0.3 is 12.2 Å². The lowest BCUT2D eigenvalue weighted by Crippen LogP contribution is -2.36. The van der Waals surface area contributed by atoms with Crippen molar-refractivity contribution in [1.29, 1.82) is 0 Å². The van der Waals surface area contributed by atoms with Crippen LogP contribution in [0.5, 0.6) is 0 Å². The molecular formula is C42H48N6O4. The average Bonchev–Trinajstić information content (AvgIpc) is 3.83. The Balaban J connectivity index is 1.04. The van der Waals surface area contributed by atoms with Crippen molar-refractivity contribution in [2.75, 3.05) is 13.1 Å². The molecule has 7 rings (SSSR count). The van der Waals surface area contributed by atoms with Crippen LogP contribution in [-0.2, 0) is 15.9 Å². The van der Waals surface area contributed by atoms with Gasteiger partial charge in [0, 0.05) is 19.5 Å². The molecule has 3 heterocycles. The van der Waals surface area contributed by atoms with E-state index in [4.69, 9.17) is 19.4 Å². The average molecular weight is 701 g/mol. The van der Waals surface area contributed by atoms with Gasteiger partial charge in [0.05, 0.1) is 28.1 Å². The number of rotatable bonds is 8. The Morgan fingerprint density at radius 1 is 0.750 bits per heavy atom. The second-order valence-corrected chi connectivity index (χ2v) is 15.8. The number of fused-ring (bicyclic) bond motifs is 3. The maximum Gasteiger partial charge on any atom is 0.410 e.